The largest absolute Gasteiger partial charge is 0.480 e. The maximum Gasteiger partial charge on any atom is 0.139 e. The third-order valence-electron chi connectivity index (χ3n) is 2.67. The van der Waals surface area contributed by atoms with Crippen molar-refractivity contribution in [2.75, 3.05) is 6.73 Å². The summed E-state index contributed by atoms with van der Waals surface area (Å²) in [5.74, 6) is 1.12. The van der Waals surface area contributed by atoms with Gasteiger partial charge in [0.25, 0.3) is 0 Å². The molecule has 13 heavy (non-hydrogen) atoms. The van der Waals surface area contributed by atoms with Crippen LogP contribution in [0.15, 0.2) is 24.3 Å². The van der Waals surface area contributed by atoms with Crippen LogP contribution in [0.3, 0.4) is 0 Å². The highest BCUT2D eigenvalue weighted by Crippen LogP contribution is 2.15. The van der Waals surface area contributed by atoms with Gasteiger partial charge >= 0.3 is 0 Å². The fraction of sp³-hybridized carbons (Fsp3) is 0.273. The summed E-state index contributed by atoms with van der Waals surface area (Å²) >= 11 is 0. The molecule has 0 aromatic heterocycles. The standard InChI is InChI=1S/C11H11NO/c1-2-4-9-8(3-1)5-6-10-11(9)13-7-12-10/h1-5,10,12H,6-7H2. The van der Waals surface area contributed by atoms with E-state index in [1.807, 2.05) is 0 Å². The summed E-state index contributed by atoms with van der Waals surface area (Å²) in [6.07, 6.45) is 3.32. The van der Waals surface area contributed by atoms with Crippen LogP contribution < -0.4 is 15.8 Å². The fourth-order valence-corrected chi connectivity index (χ4v) is 2.01. The first-order valence-electron chi connectivity index (χ1n) is 4.61. The van der Waals surface area contributed by atoms with Crippen molar-refractivity contribution in [3.05, 3.63) is 34.7 Å². The average Bonchev–Trinajstić information content (AvgIpc) is 2.65. The molecule has 1 aliphatic carbocycles. The van der Waals surface area contributed by atoms with Crippen LogP contribution in [0, 0.1) is 0 Å². The Kier molecular flexibility index (Phi) is 1.43. The number of rotatable bonds is 0. The van der Waals surface area contributed by atoms with E-state index in [-0.39, 0.29) is 0 Å². The zero-order chi connectivity index (χ0) is 8.67. The highest BCUT2D eigenvalue weighted by molar-refractivity contribution is 5.52. The van der Waals surface area contributed by atoms with Gasteiger partial charge in [-0.2, -0.15) is 0 Å². The highest BCUT2D eigenvalue weighted by atomic mass is 16.5. The monoisotopic (exact) mass is 173 g/mol. The summed E-state index contributed by atoms with van der Waals surface area (Å²) in [5.41, 5.74) is 0. The molecule has 3 rings (SSSR count). The Morgan fingerprint density at radius 1 is 1.31 bits per heavy atom. The predicted molar refractivity (Wildman–Crippen MR) is 51.1 cm³/mol. The Hall–Kier alpha value is -1.28. The lowest BCUT2D eigenvalue weighted by Crippen LogP contribution is -2.36. The van der Waals surface area contributed by atoms with Crippen LogP contribution in [0.25, 0.3) is 11.8 Å². The minimum Gasteiger partial charge on any atom is -0.480 e. The number of fused-ring (bicyclic) bond motifs is 2. The van der Waals surface area contributed by atoms with Gasteiger partial charge in [-0.1, -0.05) is 30.3 Å². The highest BCUT2D eigenvalue weighted by Gasteiger charge is 2.23. The van der Waals surface area contributed by atoms with Crippen LogP contribution >= 0.6 is 0 Å². The van der Waals surface area contributed by atoms with E-state index in [1.165, 1.54) is 10.4 Å². The summed E-state index contributed by atoms with van der Waals surface area (Å²) in [6, 6.07) is 8.80. The van der Waals surface area contributed by atoms with Gasteiger partial charge in [0.2, 0.25) is 0 Å². The Balaban J connectivity index is 2.38. The normalized spacial score (nSPS) is 24.3. The van der Waals surface area contributed by atoms with E-state index in [2.05, 4.69) is 35.7 Å². The molecule has 2 heteroatoms. The summed E-state index contributed by atoms with van der Waals surface area (Å²) in [4.78, 5) is 0. The molecule has 66 valence electrons. The zero-order valence-corrected chi connectivity index (χ0v) is 7.29. The second-order valence-electron chi connectivity index (χ2n) is 3.44. The summed E-state index contributed by atoms with van der Waals surface area (Å²) in [6.45, 7) is 0.655. The van der Waals surface area contributed by atoms with Crippen molar-refractivity contribution in [3.63, 3.8) is 0 Å². The van der Waals surface area contributed by atoms with E-state index in [0.717, 1.165) is 12.2 Å². The maximum atomic E-state index is 5.57. The molecule has 1 aliphatic heterocycles. The number of hydrogen-bond donors (Lipinski definition) is 1. The van der Waals surface area contributed by atoms with E-state index in [0.29, 0.717) is 12.8 Å². The summed E-state index contributed by atoms with van der Waals surface area (Å²) < 4.78 is 5.57. The number of nitrogens with one attached hydrogen (secondary N) is 1. The number of hydrogen-bond acceptors (Lipinski definition) is 2. The molecule has 2 nitrogen and oxygen atoms in total. The van der Waals surface area contributed by atoms with Crippen LogP contribution in [-0.4, -0.2) is 12.8 Å². The molecule has 2 aliphatic rings. The second-order valence-corrected chi connectivity index (χ2v) is 3.44. The first kappa shape index (κ1) is 7.15. The van der Waals surface area contributed by atoms with E-state index < -0.39 is 0 Å². The van der Waals surface area contributed by atoms with Gasteiger partial charge in [-0.3, -0.25) is 5.32 Å². The molecule has 1 aromatic carbocycles. The zero-order valence-electron chi connectivity index (χ0n) is 7.29. The molecule has 1 N–H and O–H groups in total. The second kappa shape index (κ2) is 2.60. The van der Waals surface area contributed by atoms with Crippen molar-refractivity contribution in [2.24, 2.45) is 0 Å². The van der Waals surface area contributed by atoms with E-state index >= 15 is 0 Å². The summed E-state index contributed by atoms with van der Waals surface area (Å²) in [7, 11) is 0. The molecule has 0 bridgehead atoms. The first-order chi connectivity index (χ1) is 6.45. The maximum absolute atomic E-state index is 5.57. The molecular formula is C11H11NO. The lowest BCUT2D eigenvalue weighted by Gasteiger charge is -2.11. The van der Waals surface area contributed by atoms with E-state index in [9.17, 15) is 0 Å². The van der Waals surface area contributed by atoms with Gasteiger partial charge in [-0.25, -0.2) is 0 Å². The molecule has 1 saturated heterocycles. The minimum absolute atomic E-state index is 0.412. The smallest absolute Gasteiger partial charge is 0.139 e. The van der Waals surface area contributed by atoms with Crippen molar-refractivity contribution >= 4 is 11.8 Å². The Labute approximate surface area is 76.5 Å². The van der Waals surface area contributed by atoms with Crippen LogP contribution in [0.4, 0.5) is 0 Å². The molecule has 1 heterocycles. The number of benzene rings is 1. The van der Waals surface area contributed by atoms with Gasteiger partial charge < -0.3 is 4.74 Å². The van der Waals surface area contributed by atoms with Gasteiger partial charge in [0.15, 0.2) is 0 Å². The quantitative estimate of drug-likeness (QED) is 0.592. The molecule has 1 fully saturated rings. The topological polar surface area (TPSA) is 21.3 Å². The van der Waals surface area contributed by atoms with Gasteiger partial charge in [-0.05, 0) is 11.6 Å². The van der Waals surface area contributed by atoms with Gasteiger partial charge in [0.05, 0.1) is 6.04 Å². The molecular weight excluding hydrogens is 162 g/mol. The van der Waals surface area contributed by atoms with Gasteiger partial charge in [-0.15, -0.1) is 0 Å². The SMILES string of the molecule is C1=c2ccccc2=C2OCNC2C1. The van der Waals surface area contributed by atoms with Crippen LogP contribution in [0.2, 0.25) is 0 Å². The Morgan fingerprint density at radius 3 is 3.23 bits per heavy atom. The molecule has 1 aromatic rings. The van der Waals surface area contributed by atoms with Crippen LogP contribution in [0.5, 0.6) is 0 Å². The number of ether oxygens (including phenoxy) is 1. The lowest BCUT2D eigenvalue weighted by atomic mass is 10.0. The molecule has 0 radical (unpaired) electrons. The third-order valence-corrected chi connectivity index (χ3v) is 2.67. The van der Waals surface area contributed by atoms with Gasteiger partial charge in [0.1, 0.15) is 12.5 Å². The minimum atomic E-state index is 0.412. The van der Waals surface area contributed by atoms with Gasteiger partial charge in [0, 0.05) is 5.22 Å². The molecule has 0 saturated carbocycles. The third kappa shape index (κ3) is 0.988. The fourth-order valence-electron chi connectivity index (χ4n) is 2.01. The molecule has 1 atom stereocenters. The van der Waals surface area contributed by atoms with E-state index in [4.69, 9.17) is 4.74 Å². The van der Waals surface area contributed by atoms with Crippen molar-refractivity contribution in [1.29, 1.82) is 0 Å². The Morgan fingerprint density at radius 2 is 2.23 bits per heavy atom. The first-order valence-corrected chi connectivity index (χ1v) is 4.61. The molecule has 1 unspecified atom stereocenters. The van der Waals surface area contributed by atoms with Crippen molar-refractivity contribution in [3.8, 4) is 0 Å². The average molecular weight is 173 g/mol. The molecule has 0 spiro atoms. The Bertz CT molecular complexity index is 449. The predicted octanol–water partition coefficient (Wildman–Crippen LogP) is -0.0751. The van der Waals surface area contributed by atoms with Crippen molar-refractivity contribution < 1.29 is 4.74 Å². The lowest BCUT2D eigenvalue weighted by molar-refractivity contribution is 0.300. The molecule has 0 amide bonds. The van der Waals surface area contributed by atoms with Crippen LogP contribution in [0.1, 0.15) is 6.42 Å². The van der Waals surface area contributed by atoms with Crippen LogP contribution in [-0.2, 0) is 4.74 Å². The van der Waals surface area contributed by atoms with Crippen molar-refractivity contribution in [2.45, 2.75) is 12.5 Å². The summed E-state index contributed by atoms with van der Waals surface area (Å²) in [5, 5.41) is 5.87. The van der Waals surface area contributed by atoms with E-state index in [1.54, 1.807) is 0 Å². The van der Waals surface area contributed by atoms with Crippen molar-refractivity contribution in [1.82, 2.24) is 5.32 Å².